The Bertz CT molecular complexity index is 779. The van der Waals surface area contributed by atoms with E-state index in [9.17, 15) is 4.79 Å². The molecule has 0 N–H and O–H groups in total. The summed E-state index contributed by atoms with van der Waals surface area (Å²) in [5.74, 6) is 0.651. The molecule has 0 fully saturated rings. The van der Waals surface area contributed by atoms with Gasteiger partial charge in [-0.1, -0.05) is 18.2 Å². The molecule has 0 aliphatic heterocycles. The Morgan fingerprint density at radius 1 is 1.24 bits per heavy atom. The molecule has 106 valence electrons. The van der Waals surface area contributed by atoms with Gasteiger partial charge in [0.25, 0.3) is 5.91 Å². The van der Waals surface area contributed by atoms with Crippen LogP contribution in [-0.4, -0.2) is 29.4 Å². The number of para-hydroxylation sites is 1. The fourth-order valence-electron chi connectivity index (χ4n) is 2.25. The lowest BCUT2D eigenvalue weighted by Crippen LogP contribution is -2.26. The van der Waals surface area contributed by atoms with E-state index in [1.54, 1.807) is 24.3 Å². The van der Waals surface area contributed by atoms with E-state index in [2.05, 4.69) is 4.98 Å². The maximum absolute atomic E-state index is 12.6. The summed E-state index contributed by atoms with van der Waals surface area (Å²) in [6.45, 7) is 2.61. The topological polar surface area (TPSA) is 46.3 Å². The lowest BCUT2D eigenvalue weighted by molar-refractivity contribution is 0.0804. The minimum Gasteiger partial charge on any atom is -0.463 e. The minimum absolute atomic E-state index is 0.0103. The number of fused-ring (bicyclic) bond motifs is 1. The molecule has 0 radical (unpaired) electrons. The third kappa shape index (κ3) is 2.40. The zero-order chi connectivity index (χ0) is 14.8. The Morgan fingerprint density at radius 3 is 2.76 bits per heavy atom. The van der Waals surface area contributed by atoms with Crippen molar-refractivity contribution in [3.05, 3.63) is 54.3 Å². The summed E-state index contributed by atoms with van der Waals surface area (Å²) in [5.41, 5.74) is 2.11. The van der Waals surface area contributed by atoms with Gasteiger partial charge in [0, 0.05) is 19.0 Å². The van der Waals surface area contributed by atoms with Crippen molar-refractivity contribution < 1.29 is 9.21 Å². The highest BCUT2D eigenvalue weighted by Gasteiger charge is 2.17. The average Bonchev–Trinajstić information content (AvgIpc) is 3.06. The normalized spacial score (nSPS) is 10.8. The molecular weight excluding hydrogens is 264 g/mol. The van der Waals surface area contributed by atoms with E-state index in [0.29, 0.717) is 23.6 Å². The Kier molecular flexibility index (Phi) is 3.44. The summed E-state index contributed by atoms with van der Waals surface area (Å²) >= 11 is 0. The van der Waals surface area contributed by atoms with Crippen LogP contribution >= 0.6 is 0 Å². The predicted molar refractivity (Wildman–Crippen MR) is 82.1 cm³/mol. The number of carbonyl (C=O) groups excluding carboxylic acids is 1. The summed E-state index contributed by atoms with van der Waals surface area (Å²) in [6.07, 6.45) is 1.60. The van der Waals surface area contributed by atoms with Crippen LogP contribution in [0.1, 0.15) is 17.3 Å². The monoisotopic (exact) mass is 280 g/mol. The molecule has 21 heavy (non-hydrogen) atoms. The van der Waals surface area contributed by atoms with Crippen molar-refractivity contribution in [2.24, 2.45) is 0 Å². The molecule has 2 heterocycles. The maximum Gasteiger partial charge on any atom is 0.254 e. The highest BCUT2D eigenvalue weighted by molar-refractivity contribution is 6.07. The molecule has 0 spiro atoms. The molecular formula is C17H16N2O2. The summed E-state index contributed by atoms with van der Waals surface area (Å²) < 4.78 is 5.40. The first-order chi connectivity index (χ1) is 10.2. The largest absolute Gasteiger partial charge is 0.463 e. The number of amides is 1. The van der Waals surface area contributed by atoms with Crippen molar-refractivity contribution in [3.63, 3.8) is 0 Å². The number of pyridine rings is 1. The number of hydrogen-bond donors (Lipinski definition) is 0. The summed E-state index contributed by atoms with van der Waals surface area (Å²) in [6, 6.07) is 13.1. The van der Waals surface area contributed by atoms with E-state index >= 15 is 0 Å². The van der Waals surface area contributed by atoms with Crippen molar-refractivity contribution in [2.75, 3.05) is 13.6 Å². The van der Waals surface area contributed by atoms with Crippen LogP contribution < -0.4 is 0 Å². The second kappa shape index (κ2) is 5.40. The van der Waals surface area contributed by atoms with Crippen LogP contribution in [0.15, 0.2) is 53.1 Å². The van der Waals surface area contributed by atoms with Crippen LogP contribution in [0.2, 0.25) is 0 Å². The first-order valence-corrected chi connectivity index (χ1v) is 6.90. The van der Waals surface area contributed by atoms with Crippen molar-refractivity contribution in [1.29, 1.82) is 0 Å². The van der Waals surface area contributed by atoms with Gasteiger partial charge in [-0.15, -0.1) is 0 Å². The molecule has 3 aromatic rings. The molecule has 0 aliphatic rings. The summed E-state index contributed by atoms with van der Waals surface area (Å²) in [7, 11) is 1.80. The predicted octanol–water partition coefficient (Wildman–Crippen LogP) is 3.59. The fraction of sp³-hybridized carbons (Fsp3) is 0.176. The summed E-state index contributed by atoms with van der Waals surface area (Å²) in [4.78, 5) is 18.8. The molecule has 0 aliphatic carbocycles. The van der Waals surface area contributed by atoms with Gasteiger partial charge in [0.1, 0.15) is 5.69 Å². The van der Waals surface area contributed by atoms with Gasteiger partial charge in [-0.25, -0.2) is 4.98 Å². The van der Waals surface area contributed by atoms with Crippen LogP contribution in [0.5, 0.6) is 0 Å². The standard InChI is InChI=1S/C17H16N2O2/c1-3-19(2)17(20)13-11-15(16-9-6-10-21-16)18-14-8-5-4-7-12(13)14/h4-11H,3H2,1-2H3. The lowest BCUT2D eigenvalue weighted by Gasteiger charge is -2.16. The van der Waals surface area contributed by atoms with Crippen LogP contribution in [-0.2, 0) is 0 Å². The van der Waals surface area contributed by atoms with E-state index in [1.165, 1.54) is 0 Å². The molecule has 0 bridgehead atoms. The van der Waals surface area contributed by atoms with Gasteiger partial charge in [-0.3, -0.25) is 4.79 Å². The van der Waals surface area contributed by atoms with Crippen LogP contribution in [0, 0.1) is 0 Å². The number of rotatable bonds is 3. The first-order valence-electron chi connectivity index (χ1n) is 6.90. The molecule has 0 atom stereocenters. The van der Waals surface area contributed by atoms with Crippen molar-refractivity contribution in [1.82, 2.24) is 9.88 Å². The first kappa shape index (κ1) is 13.4. The Labute approximate surface area is 123 Å². The van der Waals surface area contributed by atoms with Crippen LogP contribution in [0.3, 0.4) is 0 Å². The van der Waals surface area contributed by atoms with E-state index in [4.69, 9.17) is 4.42 Å². The van der Waals surface area contributed by atoms with E-state index < -0.39 is 0 Å². The molecule has 4 nitrogen and oxygen atoms in total. The van der Waals surface area contributed by atoms with E-state index in [-0.39, 0.29) is 5.91 Å². The Balaban J connectivity index is 2.23. The molecule has 0 saturated heterocycles. The Hall–Kier alpha value is -2.62. The van der Waals surface area contributed by atoms with E-state index in [0.717, 1.165) is 10.9 Å². The highest BCUT2D eigenvalue weighted by atomic mass is 16.3. The van der Waals surface area contributed by atoms with Gasteiger partial charge in [0.2, 0.25) is 0 Å². The van der Waals surface area contributed by atoms with Crippen LogP contribution in [0.4, 0.5) is 0 Å². The molecule has 4 heteroatoms. The highest BCUT2D eigenvalue weighted by Crippen LogP contribution is 2.25. The zero-order valence-electron chi connectivity index (χ0n) is 12.0. The zero-order valence-corrected chi connectivity index (χ0v) is 12.0. The van der Waals surface area contributed by atoms with Crippen molar-refractivity contribution in [3.8, 4) is 11.5 Å². The molecule has 0 saturated carbocycles. The minimum atomic E-state index is -0.0103. The number of benzene rings is 1. The maximum atomic E-state index is 12.6. The molecule has 0 unspecified atom stereocenters. The number of nitrogens with zero attached hydrogens (tertiary/aromatic N) is 2. The smallest absolute Gasteiger partial charge is 0.254 e. The van der Waals surface area contributed by atoms with Crippen molar-refractivity contribution in [2.45, 2.75) is 6.92 Å². The van der Waals surface area contributed by atoms with Crippen LogP contribution in [0.25, 0.3) is 22.4 Å². The van der Waals surface area contributed by atoms with Gasteiger partial charge in [0.05, 0.1) is 17.3 Å². The van der Waals surface area contributed by atoms with Gasteiger partial charge in [-0.2, -0.15) is 0 Å². The number of carbonyl (C=O) groups is 1. The molecule has 1 amide bonds. The molecule has 1 aromatic carbocycles. The quantitative estimate of drug-likeness (QED) is 0.736. The Morgan fingerprint density at radius 2 is 2.05 bits per heavy atom. The van der Waals surface area contributed by atoms with Crippen molar-refractivity contribution >= 4 is 16.8 Å². The second-order valence-electron chi connectivity index (χ2n) is 4.87. The third-order valence-corrected chi connectivity index (χ3v) is 3.54. The van der Waals surface area contributed by atoms with Gasteiger partial charge >= 0.3 is 0 Å². The summed E-state index contributed by atoms with van der Waals surface area (Å²) in [5, 5.41) is 0.859. The fourth-order valence-corrected chi connectivity index (χ4v) is 2.25. The van der Waals surface area contributed by atoms with Gasteiger partial charge < -0.3 is 9.32 Å². The number of hydrogen-bond acceptors (Lipinski definition) is 3. The van der Waals surface area contributed by atoms with E-state index in [1.807, 2.05) is 43.3 Å². The molecule has 3 rings (SSSR count). The second-order valence-corrected chi connectivity index (χ2v) is 4.87. The third-order valence-electron chi connectivity index (χ3n) is 3.54. The van der Waals surface area contributed by atoms with Gasteiger partial charge in [-0.05, 0) is 31.2 Å². The van der Waals surface area contributed by atoms with Gasteiger partial charge in [0.15, 0.2) is 5.76 Å². The molecule has 2 aromatic heterocycles. The SMILES string of the molecule is CCN(C)C(=O)c1cc(-c2ccco2)nc2ccccc12. The lowest BCUT2D eigenvalue weighted by atomic mass is 10.1. The number of furan rings is 1. The average molecular weight is 280 g/mol. The number of aromatic nitrogens is 1.